The van der Waals surface area contributed by atoms with E-state index in [0.717, 1.165) is 35.5 Å². The first kappa shape index (κ1) is 19.0. The van der Waals surface area contributed by atoms with Gasteiger partial charge in [0.15, 0.2) is 11.5 Å². The smallest absolute Gasteiger partial charge is 0.247 e. The molecule has 0 spiro atoms. The zero-order valence-corrected chi connectivity index (χ0v) is 16.1. The van der Waals surface area contributed by atoms with Crippen LogP contribution in [0.1, 0.15) is 37.8 Å². The molecule has 142 valence electrons. The van der Waals surface area contributed by atoms with E-state index in [4.69, 9.17) is 9.47 Å². The van der Waals surface area contributed by atoms with Gasteiger partial charge in [0, 0.05) is 25.1 Å². The van der Waals surface area contributed by atoms with Crippen LogP contribution in [0.5, 0.6) is 11.5 Å². The van der Waals surface area contributed by atoms with Gasteiger partial charge in [0.05, 0.1) is 13.2 Å². The Bertz CT molecular complexity index is 785. The van der Waals surface area contributed by atoms with Gasteiger partial charge in [0.1, 0.15) is 0 Å². The number of hydrogen-bond acceptors (Lipinski definition) is 3. The number of hydrogen-bond donors (Lipinski definition) is 0. The topological polar surface area (TPSA) is 38.8 Å². The number of amides is 1. The molecule has 4 nitrogen and oxygen atoms in total. The largest absolute Gasteiger partial charge is 0.490 e. The predicted molar refractivity (Wildman–Crippen MR) is 108 cm³/mol. The highest BCUT2D eigenvalue weighted by atomic mass is 16.5. The monoisotopic (exact) mass is 365 g/mol. The van der Waals surface area contributed by atoms with Crippen molar-refractivity contribution < 1.29 is 14.3 Å². The first-order valence-electron chi connectivity index (χ1n) is 9.59. The number of rotatable bonds is 6. The lowest BCUT2D eigenvalue weighted by atomic mass is 10.1. The highest BCUT2D eigenvalue weighted by Gasteiger charge is 2.17. The van der Waals surface area contributed by atoms with Crippen molar-refractivity contribution in [1.29, 1.82) is 0 Å². The average Bonchev–Trinajstić information content (AvgIpc) is 2.95. The van der Waals surface area contributed by atoms with Crippen LogP contribution in [0.2, 0.25) is 0 Å². The SMILES string of the molecule is CCC(C)N(Cc1ccccc1)C(=O)/C=C/c1ccc2c(c1)OCCCO2. The number of benzene rings is 2. The quantitative estimate of drug-likeness (QED) is 0.697. The molecule has 1 aliphatic heterocycles. The molecule has 2 aromatic rings. The van der Waals surface area contributed by atoms with E-state index < -0.39 is 0 Å². The number of nitrogens with zero attached hydrogens (tertiary/aromatic N) is 1. The third-order valence-electron chi connectivity index (χ3n) is 4.79. The lowest BCUT2D eigenvalue weighted by molar-refractivity contribution is -0.128. The van der Waals surface area contributed by atoms with E-state index in [9.17, 15) is 4.79 Å². The highest BCUT2D eigenvalue weighted by molar-refractivity contribution is 5.92. The van der Waals surface area contributed by atoms with Gasteiger partial charge in [0.2, 0.25) is 5.91 Å². The molecule has 2 aromatic carbocycles. The first-order chi connectivity index (χ1) is 13.2. The standard InChI is InChI=1S/C23H27NO3/c1-3-18(2)24(17-20-8-5-4-6-9-20)23(25)13-11-19-10-12-21-22(16-19)27-15-7-14-26-21/h4-6,8-13,16,18H,3,7,14-15,17H2,1-2H3/b13-11+. The average molecular weight is 365 g/mol. The van der Waals surface area contributed by atoms with Gasteiger partial charge >= 0.3 is 0 Å². The van der Waals surface area contributed by atoms with Crippen LogP contribution in [0.3, 0.4) is 0 Å². The van der Waals surface area contributed by atoms with Crippen LogP contribution >= 0.6 is 0 Å². The van der Waals surface area contributed by atoms with Crippen LogP contribution in [-0.2, 0) is 11.3 Å². The Balaban J connectivity index is 1.73. The summed E-state index contributed by atoms with van der Waals surface area (Å²) in [6, 6.07) is 16.0. The molecule has 0 bridgehead atoms. The zero-order chi connectivity index (χ0) is 19.1. The van der Waals surface area contributed by atoms with Crippen molar-refractivity contribution in [3.8, 4) is 11.5 Å². The van der Waals surface area contributed by atoms with Gasteiger partial charge in [-0.25, -0.2) is 0 Å². The minimum absolute atomic E-state index is 0.0142. The molecule has 27 heavy (non-hydrogen) atoms. The molecular formula is C23H27NO3. The molecule has 0 radical (unpaired) electrons. The molecular weight excluding hydrogens is 338 g/mol. The second-order valence-corrected chi connectivity index (χ2v) is 6.80. The van der Waals surface area contributed by atoms with E-state index in [1.54, 1.807) is 6.08 Å². The summed E-state index contributed by atoms with van der Waals surface area (Å²) in [5.41, 5.74) is 2.06. The molecule has 1 unspecified atom stereocenters. The highest BCUT2D eigenvalue weighted by Crippen LogP contribution is 2.30. The van der Waals surface area contributed by atoms with Gasteiger partial charge < -0.3 is 14.4 Å². The minimum Gasteiger partial charge on any atom is -0.490 e. The second-order valence-electron chi connectivity index (χ2n) is 6.80. The molecule has 1 heterocycles. The number of carbonyl (C=O) groups excluding carboxylic acids is 1. The lowest BCUT2D eigenvalue weighted by Crippen LogP contribution is -2.36. The zero-order valence-electron chi connectivity index (χ0n) is 16.1. The normalized spacial score (nSPS) is 14.6. The Morgan fingerprint density at radius 2 is 1.85 bits per heavy atom. The molecule has 3 rings (SSSR count). The third kappa shape index (κ3) is 5.13. The van der Waals surface area contributed by atoms with E-state index in [-0.39, 0.29) is 11.9 Å². The van der Waals surface area contributed by atoms with Gasteiger partial charge in [-0.3, -0.25) is 4.79 Å². The number of ether oxygens (including phenoxy) is 2. The summed E-state index contributed by atoms with van der Waals surface area (Å²) in [5, 5.41) is 0. The van der Waals surface area contributed by atoms with E-state index in [1.165, 1.54) is 0 Å². The molecule has 0 aliphatic carbocycles. The molecule has 0 saturated carbocycles. The summed E-state index contributed by atoms with van der Waals surface area (Å²) in [6.07, 6.45) is 5.28. The molecule has 4 heteroatoms. The van der Waals surface area contributed by atoms with Gasteiger partial charge in [0.25, 0.3) is 0 Å². The summed E-state index contributed by atoms with van der Waals surface area (Å²) < 4.78 is 11.4. The van der Waals surface area contributed by atoms with E-state index >= 15 is 0 Å². The van der Waals surface area contributed by atoms with Crippen molar-refractivity contribution in [2.75, 3.05) is 13.2 Å². The van der Waals surface area contributed by atoms with Crippen molar-refractivity contribution in [1.82, 2.24) is 4.90 Å². The predicted octanol–water partition coefficient (Wildman–Crippen LogP) is 4.69. The van der Waals surface area contributed by atoms with E-state index in [1.807, 2.05) is 47.4 Å². The van der Waals surface area contributed by atoms with Crippen molar-refractivity contribution in [3.63, 3.8) is 0 Å². The summed E-state index contributed by atoms with van der Waals surface area (Å²) in [4.78, 5) is 14.8. The lowest BCUT2D eigenvalue weighted by Gasteiger charge is -2.27. The minimum atomic E-state index is 0.0142. The summed E-state index contributed by atoms with van der Waals surface area (Å²) in [6.45, 7) is 6.12. The first-order valence-corrected chi connectivity index (χ1v) is 9.59. The van der Waals surface area contributed by atoms with E-state index in [0.29, 0.717) is 19.8 Å². The molecule has 1 aliphatic rings. The van der Waals surface area contributed by atoms with Gasteiger partial charge in [-0.05, 0) is 42.7 Å². The maximum Gasteiger partial charge on any atom is 0.247 e. The molecule has 1 atom stereocenters. The van der Waals surface area contributed by atoms with Crippen LogP contribution in [0.4, 0.5) is 0 Å². The van der Waals surface area contributed by atoms with E-state index in [2.05, 4.69) is 26.0 Å². The Hall–Kier alpha value is -2.75. The third-order valence-corrected chi connectivity index (χ3v) is 4.79. The maximum absolute atomic E-state index is 12.8. The molecule has 0 N–H and O–H groups in total. The van der Waals surface area contributed by atoms with Crippen LogP contribution < -0.4 is 9.47 Å². The Labute approximate surface area is 161 Å². The molecule has 0 saturated heterocycles. The van der Waals surface area contributed by atoms with Crippen LogP contribution in [0.25, 0.3) is 6.08 Å². The summed E-state index contributed by atoms with van der Waals surface area (Å²) in [5.74, 6) is 1.52. The van der Waals surface area contributed by atoms with Crippen LogP contribution in [0, 0.1) is 0 Å². The van der Waals surface area contributed by atoms with Gasteiger partial charge in [-0.15, -0.1) is 0 Å². The Morgan fingerprint density at radius 1 is 1.11 bits per heavy atom. The fraction of sp³-hybridized carbons (Fsp3) is 0.348. The second kappa shape index (κ2) is 9.26. The Kier molecular flexibility index (Phi) is 6.53. The number of fused-ring (bicyclic) bond motifs is 1. The maximum atomic E-state index is 12.8. The molecule has 0 aromatic heterocycles. The van der Waals surface area contributed by atoms with Crippen molar-refractivity contribution in [2.45, 2.75) is 39.3 Å². The van der Waals surface area contributed by atoms with Crippen LogP contribution in [0.15, 0.2) is 54.6 Å². The van der Waals surface area contributed by atoms with Gasteiger partial charge in [-0.1, -0.05) is 43.3 Å². The van der Waals surface area contributed by atoms with Crippen molar-refractivity contribution >= 4 is 12.0 Å². The van der Waals surface area contributed by atoms with Crippen LogP contribution in [-0.4, -0.2) is 30.1 Å². The molecule has 0 fully saturated rings. The van der Waals surface area contributed by atoms with Crippen molar-refractivity contribution in [2.24, 2.45) is 0 Å². The summed E-state index contributed by atoms with van der Waals surface area (Å²) >= 11 is 0. The van der Waals surface area contributed by atoms with Gasteiger partial charge in [-0.2, -0.15) is 0 Å². The molecule has 1 amide bonds. The Morgan fingerprint density at radius 3 is 2.59 bits per heavy atom. The number of carbonyl (C=O) groups is 1. The summed E-state index contributed by atoms with van der Waals surface area (Å²) in [7, 11) is 0. The fourth-order valence-corrected chi connectivity index (χ4v) is 3.00. The van der Waals surface area contributed by atoms with Crippen molar-refractivity contribution in [3.05, 3.63) is 65.7 Å². The fourth-order valence-electron chi connectivity index (χ4n) is 3.00.